The summed E-state index contributed by atoms with van der Waals surface area (Å²) in [5.74, 6) is -0.691. The van der Waals surface area contributed by atoms with Crippen LogP contribution in [0.2, 0.25) is 0 Å². The SMILES string of the molecule is CCOCCOC(=O)C1=C(C)NC2=C(C(=O)C[C@H](c3ccccc3)C2)[C@H]1c1ccc(N(CC)CC)cc1. The summed E-state index contributed by atoms with van der Waals surface area (Å²) in [6.07, 6.45) is 1.15. The van der Waals surface area contributed by atoms with Gasteiger partial charge in [-0.1, -0.05) is 42.5 Å². The minimum absolute atomic E-state index is 0.0764. The first-order chi connectivity index (χ1) is 18.0. The van der Waals surface area contributed by atoms with Crippen LogP contribution in [0.1, 0.15) is 63.5 Å². The number of benzene rings is 2. The van der Waals surface area contributed by atoms with E-state index in [0.717, 1.165) is 47.7 Å². The molecule has 2 aromatic rings. The van der Waals surface area contributed by atoms with Gasteiger partial charge in [-0.2, -0.15) is 0 Å². The first-order valence-corrected chi connectivity index (χ1v) is 13.4. The van der Waals surface area contributed by atoms with Crippen molar-refractivity contribution in [2.45, 2.75) is 52.4 Å². The third-order valence-electron chi connectivity index (χ3n) is 7.34. The normalized spacial score (nSPS) is 19.4. The van der Waals surface area contributed by atoms with Crippen molar-refractivity contribution in [3.8, 4) is 0 Å². The number of rotatable bonds is 10. The molecule has 0 fully saturated rings. The van der Waals surface area contributed by atoms with E-state index in [2.05, 4.69) is 48.3 Å². The molecule has 0 aromatic heterocycles. The fraction of sp³-hybridized carbons (Fsp3) is 0.419. The van der Waals surface area contributed by atoms with Crippen LogP contribution in [0, 0.1) is 0 Å². The molecule has 0 radical (unpaired) electrons. The third-order valence-corrected chi connectivity index (χ3v) is 7.34. The number of esters is 1. The van der Waals surface area contributed by atoms with Crippen LogP contribution in [0.5, 0.6) is 0 Å². The Morgan fingerprint density at radius 3 is 2.30 bits per heavy atom. The Hall–Kier alpha value is -3.38. The number of hydrogen-bond donors (Lipinski definition) is 1. The maximum Gasteiger partial charge on any atom is 0.336 e. The number of carbonyl (C=O) groups excluding carboxylic acids is 2. The zero-order chi connectivity index (χ0) is 26.4. The number of carbonyl (C=O) groups is 2. The molecule has 2 aliphatic rings. The van der Waals surface area contributed by atoms with Gasteiger partial charge < -0.3 is 19.7 Å². The first-order valence-electron chi connectivity index (χ1n) is 13.4. The molecule has 0 spiro atoms. The fourth-order valence-corrected chi connectivity index (χ4v) is 5.49. The van der Waals surface area contributed by atoms with Crippen LogP contribution in [0.15, 0.2) is 77.1 Å². The number of Topliss-reactive ketones (excluding diaryl/α,β-unsaturated/α-hetero) is 1. The van der Waals surface area contributed by atoms with Crippen molar-refractivity contribution in [1.29, 1.82) is 0 Å². The Morgan fingerprint density at radius 1 is 0.946 bits per heavy atom. The standard InChI is InChI=1S/C31H38N2O4/c1-5-33(6-2)25-15-13-23(14-16-25)29-28(31(35)37-18-17-36-7-3)21(4)32-26-19-24(20-27(34)30(26)29)22-11-9-8-10-12-22/h8-16,24,29,32H,5-7,17-20H2,1-4H3/t24-,29+/m1/s1. The molecule has 1 heterocycles. The van der Waals surface area contributed by atoms with Crippen LogP contribution < -0.4 is 10.2 Å². The molecule has 0 bridgehead atoms. The second-order valence-corrected chi connectivity index (χ2v) is 9.52. The molecule has 196 valence electrons. The topological polar surface area (TPSA) is 67.9 Å². The number of anilines is 1. The fourth-order valence-electron chi connectivity index (χ4n) is 5.49. The number of allylic oxidation sites excluding steroid dienone is 3. The molecule has 0 saturated heterocycles. The van der Waals surface area contributed by atoms with Crippen molar-refractivity contribution in [1.82, 2.24) is 5.32 Å². The molecular formula is C31H38N2O4. The summed E-state index contributed by atoms with van der Waals surface area (Å²) in [7, 11) is 0. The van der Waals surface area contributed by atoms with Gasteiger partial charge in [0.15, 0.2) is 5.78 Å². The lowest BCUT2D eigenvalue weighted by Gasteiger charge is -2.37. The predicted molar refractivity (Wildman–Crippen MR) is 146 cm³/mol. The summed E-state index contributed by atoms with van der Waals surface area (Å²) in [6, 6.07) is 18.4. The molecule has 1 aliphatic carbocycles. The van der Waals surface area contributed by atoms with Crippen molar-refractivity contribution in [3.63, 3.8) is 0 Å². The highest BCUT2D eigenvalue weighted by Crippen LogP contribution is 2.45. The summed E-state index contributed by atoms with van der Waals surface area (Å²) < 4.78 is 11.0. The smallest absolute Gasteiger partial charge is 0.336 e. The Labute approximate surface area is 220 Å². The van der Waals surface area contributed by atoms with E-state index >= 15 is 0 Å². The zero-order valence-corrected chi connectivity index (χ0v) is 22.4. The second kappa shape index (κ2) is 12.2. The number of nitrogens with zero attached hydrogens (tertiary/aromatic N) is 1. The Balaban J connectivity index is 1.72. The van der Waals surface area contributed by atoms with E-state index in [-0.39, 0.29) is 18.3 Å². The number of hydrogen-bond acceptors (Lipinski definition) is 6. The van der Waals surface area contributed by atoms with Crippen LogP contribution in [-0.2, 0) is 19.1 Å². The molecule has 1 aliphatic heterocycles. The molecular weight excluding hydrogens is 464 g/mol. The molecule has 1 N–H and O–H groups in total. The van der Waals surface area contributed by atoms with Gasteiger partial charge in [-0.05, 0) is 63.3 Å². The van der Waals surface area contributed by atoms with E-state index in [1.807, 2.05) is 44.2 Å². The highest BCUT2D eigenvalue weighted by atomic mass is 16.6. The maximum atomic E-state index is 13.7. The molecule has 0 saturated carbocycles. The lowest BCUT2D eigenvalue weighted by molar-refractivity contribution is -0.140. The van der Waals surface area contributed by atoms with E-state index in [9.17, 15) is 9.59 Å². The molecule has 2 aromatic carbocycles. The summed E-state index contributed by atoms with van der Waals surface area (Å²) in [6.45, 7) is 11.0. The van der Waals surface area contributed by atoms with Gasteiger partial charge in [-0.15, -0.1) is 0 Å². The summed E-state index contributed by atoms with van der Waals surface area (Å²) >= 11 is 0. The average molecular weight is 503 g/mol. The highest BCUT2D eigenvalue weighted by molar-refractivity contribution is 6.04. The quantitative estimate of drug-likeness (QED) is 0.343. The van der Waals surface area contributed by atoms with E-state index in [1.54, 1.807) is 0 Å². The monoisotopic (exact) mass is 502 g/mol. The number of ketones is 1. The van der Waals surface area contributed by atoms with Crippen LogP contribution in [0.4, 0.5) is 5.69 Å². The van der Waals surface area contributed by atoms with Gasteiger partial charge in [-0.3, -0.25) is 4.79 Å². The molecule has 6 heteroatoms. The molecule has 2 atom stereocenters. The van der Waals surface area contributed by atoms with Gasteiger partial charge in [0.1, 0.15) is 6.61 Å². The van der Waals surface area contributed by atoms with Gasteiger partial charge >= 0.3 is 5.97 Å². The van der Waals surface area contributed by atoms with E-state index in [0.29, 0.717) is 30.8 Å². The minimum atomic E-state index is -0.467. The number of nitrogens with one attached hydrogen (secondary N) is 1. The van der Waals surface area contributed by atoms with Crippen LogP contribution in [0.3, 0.4) is 0 Å². The third kappa shape index (κ3) is 5.80. The van der Waals surface area contributed by atoms with Gasteiger partial charge in [0.05, 0.1) is 12.2 Å². The zero-order valence-electron chi connectivity index (χ0n) is 22.4. The van der Waals surface area contributed by atoms with Crippen molar-refractivity contribution >= 4 is 17.4 Å². The van der Waals surface area contributed by atoms with E-state index < -0.39 is 11.9 Å². The van der Waals surface area contributed by atoms with Gasteiger partial charge in [0.2, 0.25) is 0 Å². The lowest BCUT2D eigenvalue weighted by atomic mass is 9.71. The van der Waals surface area contributed by atoms with Crippen LogP contribution >= 0.6 is 0 Å². The first kappa shape index (κ1) is 26.7. The molecule has 4 rings (SSSR count). The van der Waals surface area contributed by atoms with E-state index in [4.69, 9.17) is 9.47 Å². The highest BCUT2D eigenvalue weighted by Gasteiger charge is 2.41. The Kier molecular flexibility index (Phi) is 8.82. The second-order valence-electron chi connectivity index (χ2n) is 9.52. The van der Waals surface area contributed by atoms with Crippen molar-refractivity contribution in [3.05, 3.63) is 88.3 Å². The predicted octanol–water partition coefficient (Wildman–Crippen LogP) is 5.47. The largest absolute Gasteiger partial charge is 0.460 e. The number of dihydropyridines is 1. The Bertz CT molecular complexity index is 1160. The minimum Gasteiger partial charge on any atom is -0.460 e. The summed E-state index contributed by atoms with van der Waals surface area (Å²) in [5.41, 5.74) is 6.03. The Morgan fingerprint density at radius 2 is 1.65 bits per heavy atom. The molecule has 37 heavy (non-hydrogen) atoms. The van der Waals surface area contributed by atoms with Gasteiger partial charge in [-0.25, -0.2) is 4.79 Å². The summed E-state index contributed by atoms with van der Waals surface area (Å²) in [5, 5.41) is 3.43. The molecule has 0 amide bonds. The van der Waals surface area contributed by atoms with Crippen molar-refractivity contribution in [2.75, 3.05) is 37.8 Å². The van der Waals surface area contributed by atoms with Crippen LogP contribution in [0.25, 0.3) is 0 Å². The van der Waals surface area contributed by atoms with E-state index in [1.165, 1.54) is 0 Å². The van der Waals surface area contributed by atoms with Gasteiger partial charge in [0.25, 0.3) is 0 Å². The van der Waals surface area contributed by atoms with Gasteiger partial charge in [0, 0.05) is 54.7 Å². The number of ether oxygens (including phenoxy) is 2. The van der Waals surface area contributed by atoms with Crippen molar-refractivity contribution < 1.29 is 19.1 Å². The lowest BCUT2D eigenvalue weighted by Crippen LogP contribution is -2.36. The summed E-state index contributed by atoms with van der Waals surface area (Å²) in [4.78, 5) is 29.4. The maximum absolute atomic E-state index is 13.7. The van der Waals surface area contributed by atoms with Crippen LogP contribution in [-0.4, -0.2) is 44.7 Å². The average Bonchev–Trinajstić information content (AvgIpc) is 2.91. The van der Waals surface area contributed by atoms with Crippen molar-refractivity contribution in [2.24, 2.45) is 0 Å². The molecule has 0 unspecified atom stereocenters. The molecule has 6 nitrogen and oxygen atoms in total.